The molecule has 2 rings (SSSR count). The predicted molar refractivity (Wildman–Crippen MR) is 85.3 cm³/mol. The van der Waals surface area contributed by atoms with Gasteiger partial charge in [-0.3, -0.25) is 0 Å². The lowest BCUT2D eigenvalue weighted by atomic mass is 10.0. The molecule has 0 aliphatic carbocycles. The molecule has 108 valence electrons. The number of halogens is 1. The molecule has 0 amide bonds. The first-order chi connectivity index (χ1) is 9.74. The summed E-state index contributed by atoms with van der Waals surface area (Å²) in [4.78, 5) is 0. The van der Waals surface area contributed by atoms with Crippen molar-refractivity contribution in [1.82, 2.24) is 14.9 Å². The SMILES string of the molecule is CCCNC(Cc1cc(OC)ccc1Br)c1csnn1. The Morgan fingerprint density at radius 3 is 2.95 bits per heavy atom. The fourth-order valence-corrected chi connectivity index (χ4v) is 2.89. The van der Waals surface area contributed by atoms with Crippen molar-refractivity contribution >= 4 is 27.5 Å². The number of aromatic nitrogens is 2. The van der Waals surface area contributed by atoms with Gasteiger partial charge in [0.05, 0.1) is 18.8 Å². The van der Waals surface area contributed by atoms with E-state index in [2.05, 4.69) is 43.8 Å². The first-order valence-corrected chi connectivity index (χ1v) is 8.20. The number of nitrogens with one attached hydrogen (secondary N) is 1. The van der Waals surface area contributed by atoms with E-state index in [1.54, 1.807) is 7.11 Å². The fourth-order valence-electron chi connectivity index (χ4n) is 1.98. The Kier molecular flexibility index (Phi) is 5.94. The van der Waals surface area contributed by atoms with E-state index < -0.39 is 0 Å². The molecule has 20 heavy (non-hydrogen) atoms. The molecular formula is C14H18BrN3OS. The second-order valence-electron chi connectivity index (χ2n) is 4.50. The molecule has 1 unspecified atom stereocenters. The lowest BCUT2D eigenvalue weighted by Crippen LogP contribution is -2.24. The average Bonchev–Trinajstić information content (AvgIpc) is 2.99. The second kappa shape index (κ2) is 7.71. The van der Waals surface area contributed by atoms with Gasteiger partial charge >= 0.3 is 0 Å². The summed E-state index contributed by atoms with van der Waals surface area (Å²) in [6.07, 6.45) is 1.94. The lowest BCUT2D eigenvalue weighted by Gasteiger charge is -2.17. The minimum atomic E-state index is 0.178. The molecule has 1 aromatic heterocycles. The summed E-state index contributed by atoms with van der Waals surface area (Å²) in [5, 5.41) is 9.73. The highest BCUT2D eigenvalue weighted by molar-refractivity contribution is 9.10. The molecule has 2 aromatic rings. The number of hydrogen-bond donors (Lipinski definition) is 1. The second-order valence-corrected chi connectivity index (χ2v) is 5.96. The van der Waals surface area contributed by atoms with Gasteiger partial charge in [-0.15, -0.1) is 5.10 Å². The van der Waals surface area contributed by atoms with Gasteiger partial charge in [-0.1, -0.05) is 27.3 Å². The molecule has 1 N–H and O–H groups in total. The molecule has 0 saturated heterocycles. The molecule has 1 atom stereocenters. The number of hydrogen-bond acceptors (Lipinski definition) is 5. The predicted octanol–water partition coefficient (Wildman–Crippen LogP) is 3.59. The minimum Gasteiger partial charge on any atom is -0.497 e. The molecule has 4 nitrogen and oxygen atoms in total. The normalized spacial score (nSPS) is 12.3. The van der Waals surface area contributed by atoms with Crippen LogP contribution in [0.4, 0.5) is 0 Å². The maximum absolute atomic E-state index is 5.30. The van der Waals surface area contributed by atoms with Crippen molar-refractivity contribution in [2.24, 2.45) is 0 Å². The van der Waals surface area contributed by atoms with Crippen molar-refractivity contribution in [2.45, 2.75) is 25.8 Å². The van der Waals surface area contributed by atoms with E-state index >= 15 is 0 Å². The summed E-state index contributed by atoms with van der Waals surface area (Å²) in [5.41, 5.74) is 2.20. The molecular weight excluding hydrogens is 338 g/mol. The van der Waals surface area contributed by atoms with Crippen molar-refractivity contribution in [3.05, 3.63) is 39.3 Å². The Bertz CT molecular complexity index is 533. The Labute approximate surface area is 131 Å². The standard InChI is InChI=1S/C14H18BrN3OS/c1-3-6-16-13(14-9-20-18-17-14)8-10-7-11(19-2)4-5-12(10)15/h4-5,7,9,13,16H,3,6,8H2,1-2H3. The van der Waals surface area contributed by atoms with Gasteiger partial charge in [0, 0.05) is 9.85 Å². The summed E-state index contributed by atoms with van der Waals surface area (Å²) < 4.78 is 10.3. The van der Waals surface area contributed by atoms with Gasteiger partial charge < -0.3 is 10.1 Å². The maximum Gasteiger partial charge on any atom is 0.119 e. The van der Waals surface area contributed by atoms with Crippen LogP contribution in [0.5, 0.6) is 5.75 Å². The van der Waals surface area contributed by atoms with Crippen LogP contribution in [0.15, 0.2) is 28.1 Å². The van der Waals surface area contributed by atoms with Crippen molar-refractivity contribution in [1.29, 1.82) is 0 Å². The van der Waals surface area contributed by atoms with Gasteiger partial charge in [-0.05, 0) is 54.7 Å². The van der Waals surface area contributed by atoms with E-state index in [0.717, 1.165) is 35.3 Å². The number of nitrogens with zero attached hydrogens (tertiary/aromatic N) is 2. The van der Waals surface area contributed by atoms with Gasteiger partial charge in [-0.2, -0.15) is 0 Å². The highest BCUT2D eigenvalue weighted by Crippen LogP contribution is 2.27. The molecule has 1 aromatic carbocycles. The Balaban J connectivity index is 2.18. The summed E-state index contributed by atoms with van der Waals surface area (Å²) in [6, 6.07) is 6.21. The van der Waals surface area contributed by atoms with Gasteiger partial charge in [0.2, 0.25) is 0 Å². The first kappa shape index (κ1) is 15.4. The van der Waals surface area contributed by atoms with Gasteiger partial charge in [0.15, 0.2) is 0 Å². The van der Waals surface area contributed by atoms with E-state index in [1.807, 2.05) is 17.5 Å². The first-order valence-electron chi connectivity index (χ1n) is 6.57. The van der Waals surface area contributed by atoms with Crippen LogP contribution in [-0.2, 0) is 6.42 Å². The molecule has 0 spiro atoms. The van der Waals surface area contributed by atoms with E-state index in [9.17, 15) is 0 Å². The molecule has 0 fully saturated rings. The van der Waals surface area contributed by atoms with E-state index in [-0.39, 0.29) is 6.04 Å². The average molecular weight is 356 g/mol. The summed E-state index contributed by atoms with van der Waals surface area (Å²) in [7, 11) is 1.68. The molecule has 0 aliphatic rings. The van der Waals surface area contributed by atoms with Crippen LogP contribution in [0, 0.1) is 0 Å². The molecule has 0 aliphatic heterocycles. The maximum atomic E-state index is 5.30. The Morgan fingerprint density at radius 2 is 2.30 bits per heavy atom. The number of methoxy groups -OCH3 is 1. The summed E-state index contributed by atoms with van der Waals surface area (Å²) >= 11 is 4.99. The molecule has 6 heteroatoms. The fraction of sp³-hybridized carbons (Fsp3) is 0.429. The smallest absolute Gasteiger partial charge is 0.119 e. The molecule has 0 radical (unpaired) electrons. The lowest BCUT2D eigenvalue weighted by molar-refractivity contribution is 0.413. The van der Waals surface area contributed by atoms with Crippen molar-refractivity contribution in [3.8, 4) is 5.75 Å². The topological polar surface area (TPSA) is 47.0 Å². The highest BCUT2D eigenvalue weighted by atomic mass is 79.9. The number of benzene rings is 1. The third-order valence-corrected chi connectivity index (χ3v) is 4.35. The van der Waals surface area contributed by atoms with Gasteiger partial charge in [0.25, 0.3) is 0 Å². The van der Waals surface area contributed by atoms with Crippen molar-refractivity contribution in [3.63, 3.8) is 0 Å². The van der Waals surface area contributed by atoms with Crippen LogP contribution in [0.1, 0.15) is 30.6 Å². The summed E-state index contributed by atoms with van der Waals surface area (Å²) in [6.45, 7) is 3.12. The van der Waals surface area contributed by atoms with Crippen LogP contribution in [0.2, 0.25) is 0 Å². The monoisotopic (exact) mass is 355 g/mol. The van der Waals surface area contributed by atoms with Gasteiger partial charge in [0.1, 0.15) is 5.75 Å². The van der Waals surface area contributed by atoms with Crippen molar-refractivity contribution in [2.75, 3.05) is 13.7 Å². The van der Waals surface area contributed by atoms with Crippen LogP contribution in [-0.4, -0.2) is 23.2 Å². The van der Waals surface area contributed by atoms with E-state index in [1.165, 1.54) is 17.1 Å². The molecule has 1 heterocycles. The van der Waals surface area contributed by atoms with Gasteiger partial charge in [-0.25, -0.2) is 0 Å². The largest absolute Gasteiger partial charge is 0.497 e. The highest BCUT2D eigenvalue weighted by Gasteiger charge is 2.16. The molecule has 0 saturated carbocycles. The number of ether oxygens (including phenoxy) is 1. The van der Waals surface area contributed by atoms with E-state index in [4.69, 9.17) is 4.74 Å². The van der Waals surface area contributed by atoms with Crippen LogP contribution >= 0.6 is 27.5 Å². The zero-order valence-corrected chi connectivity index (χ0v) is 14.0. The van der Waals surface area contributed by atoms with Crippen LogP contribution in [0.3, 0.4) is 0 Å². The zero-order chi connectivity index (χ0) is 14.4. The van der Waals surface area contributed by atoms with E-state index in [0.29, 0.717) is 0 Å². The number of rotatable bonds is 7. The van der Waals surface area contributed by atoms with Crippen LogP contribution in [0.25, 0.3) is 0 Å². The van der Waals surface area contributed by atoms with Crippen molar-refractivity contribution < 1.29 is 4.74 Å². The zero-order valence-electron chi connectivity index (χ0n) is 11.6. The quantitative estimate of drug-likeness (QED) is 0.824. The minimum absolute atomic E-state index is 0.178. The summed E-state index contributed by atoms with van der Waals surface area (Å²) in [5.74, 6) is 0.869. The van der Waals surface area contributed by atoms with Crippen LogP contribution < -0.4 is 10.1 Å². The third-order valence-electron chi connectivity index (χ3n) is 3.05. The molecule has 0 bridgehead atoms. The third kappa shape index (κ3) is 4.01. The Hall–Kier alpha value is -0.980. The Morgan fingerprint density at radius 1 is 1.45 bits per heavy atom.